The minimum Gasteiger partial charge on any atom is -0.462 e. The molecule has 17 heavy (non-hydrogen) atoms. The Morgan fingerprint density at radius 2 is 1.76 bits per heavy atom. The molecule has 3 heteroatoms. The molecule has 1 aliphatic carbocycles. The van der Waals surface area contributed by atoms with Crippen LogP contribution in [-0.2, 0) is 13.2 Å². The van der Waals surface area contributed by atoms with Crippen molar-refractivity contribution in [3.05, 3.63) is 23.7 Å². The van der Waals surface area contributed by atoms with Crippen LogP contribution in [0.25, 0.3) is 0 Å². The topological polar surface area (TPSA) is 45.4 Å². The summed E-state index contributed by atoms with van der Waals surface area (Å²) in [5.74, 6) is 2.25. The average molecular weight is 237 g/mol. The van der Waals surface area contributed by atoms with Gasteiger partial charge in [-0.1, -0.05) is 27.7 Å². The number of hydrogen-bond donors (Lipinski definition) is 2. The van der Waals surface area contributed by atoms with Crippen molar-refractivity contribution < 1.29 is 9.52 Å². The first-order valence-corrected chi connectivity index (χ1v) is 6.28. The summed E-state index contributed by atoms with van der Waals surface area (Å²) in [6.45, 7) is 11.1. The van der Waals surface area contributed by atoms with Crippen molar-refractivity contribution in [1.82, 2.24) is 5.32 Å². The van der Waals surface area contributed by atoms with E-state index in [1.807, 2.05) is 12.1 Å². The van der Waals surface area contributed by atoms with Crippen LogP contribution in [0.3, 0.4) is 0 Å². The zero-order valence-corrected chi connectivity index (χ0v) is 11.2. The summed E-state index contributed by atoms with van der Waals surface area (Å²) in [7, 11) is 0. The Morgan fingerprint density at radius 3 is 2.24 bits per heavy atom. The molecule has 1 aliphatic rings. The second-order valence-corrected chi connectivity index (χ2v) is 6.15. The first-order chi connectivity index (χ1) is 7.89. The van der Waals surface area contributed by atoms with Crippen molar-refractivity contribution in [3.8, 4) is 0 Å². The summed E-state index contributed by atoms with van der Waals surface area (Å²) in [6.07, 6.45) is 0. The Hall–Kier alpha value is -0.800. The zero-order valence-electron chi connectivity index (χ0n) is 11.2. The molecule has 0 aliphatic heterocycles. The van der Waals surface area contributed by atoms with Gasteiger partial charge < -0.3 is 14.8 Å². The first-order valence-electron chi connectivity index (χ1n) is 6.28. The fourth-order valence-corrected chi connectivity index (χ4v) is 2.79. The maximum Gasteiger partial charge on any atom is 0.129 e. The summed E-state index contributed by atoms with van der Waals surface area (Å²) in [4.78, 5) is 0. The van der Waals surface area contributed by atoms with Gasteiger partial charge in [0.2, 0.25) is 0 Å². The van der Waals surface area contributed by atoms with Crippen LogP contribution in [-0.4, -0.2) is 11.7 Å². The highest BCUT2D eigenvalue weighted by Crippen LogP contribution is 2.67. The number of hydrogen-bond acceptors (Lipinski definition) is 3. The van der Waals surface area contributed by atoms with E-state index < -0.39 is 0 Å². The molecule has 0 unspecified atom stereocenters. The smallest absolute Gasteiger partial charge is 0.129 e. The lowest BCUT2D eigenvalue weighted by Crippen LogP contribution is -2.18. The molecule has 1 aromatic heterocycles. The Labute approximate surface area is 103 Å². The highest BCUT2D eigenvalue weighted by Gasteiger charge is 2.63. The zero-order chi connectivity index (χ0) is 12.7. The molecule has 0 atom stereocenters. The SMILES string of the molecule is CC1(C)C(CNCc2ccc(CO)o2)C1(C)C. The molecule has 0 saturated heterocycles. The molecular formula is C14H23NO2. The van der Waals surface area contributed by atoms with E-state index in [0.717, 1.165) is 24.8 Å². The van der Waals surface area contributed by atoms with Crippen LogP contribution in [0.4, 0.5) is 0 Å². The van der Waals surface area contributed by atoms with Gasteiger partial charge in [0, 0.05) is 0 Å². The van der Waals surface area contributed by atoms with Crippen LogP contribution in [0.15, 0.2) is 16.5 Å². The summed E-state index contributed by atoms with van der Waals surface area (Å²) in [5.41, 5.74) is 0.860. The standard InChI is InChI=1S/C14H23NO2/c1-13(2)12(14(13,3)4)8-15-7-10-5-6-11(9-16)17-10/h5-6,12,15-16H,7-9H2,1-4H3. The number of rotatable bonds is 5. The van der Waals surface area contributed by atoms with Crippen LogP contribution in [0.2, 0.25) is 0 Å². The molecule has 0 radical (unpaired) electrons. The van der Waals surface area contributed by atoms with Crippen molar-refractivity contribution >= 4 is 0 Å². The lowest BCUT2D eigenvalue weighted by Gasteiger charge is -2.04. The predicted molar refractivity (Wildman–Crippen MR) is 67.4 cm³/mol. The molecule has 0 spiro atoms. The second kappa shape index (κ2) is 4.14. The molecule has 2 rings (SSSR count). The maximum atomic E-state index is 8.90. The molecule has 0 amide bonds. The molecule has 1 aromatic rings. The van der Waals surface area contributed by atoms with Gasteiger partial charge in [-0.25, -0.2) is 0 Å². The summed E-state index contributed by atoms with van der Waals surface area (Å²) in [6, 6.07) is 3.74. The van der Waals surface area contributed by atoms with E-state index in [9.17, 15) is 0 Å². The van der Waals surface area contributed by atoms with Gasteiger partial charge in [0.15, 0.2) is 0 Å². The highest BCUT2D eigenvalue weighted by molar-refractivity contribution is 5.13. The van der Waals surface area contributed by atoms with Gasteiger partial charge in [-0.05, 0) is 35.4 Å². The Bertz CT molecular complexity index is 379. The Morgan fingerprint density at radius 1 is 1.18 bits per heavy atom. The molecule has 3 nitrogen and oxygen atoms in total. The quantitative estimate of drug-likeness (QED) is 0.827. The lowest BCUT2D eigenvalue weighted by molar-refractivity contribution is 0.242. The number of nitrogens with one attached hydrogen (secondary N) is 1. The summed E-state index contributed by atoms with van der Waals surface area (Å²) in [5, 5.41) is 12.3. The molecule has 1 fully saturated rings. The molecule has 0 aromatic carbocycles. The van der Waals surface area contributed by atoms with Gasteiger partial charge in [0.1, 0.15) is 18.1 Å². The van der Waals surface area contributed by atoms with Gasteiger partial charge in [-0.15, -0.1) is 0 Å². The van der Waals surface area contributed by atoms with Crippen molar-refractivity contribution in [2.75, 3.05) is 6.54 Å². The molecule has 1 heterocycles. The van der Waals surface area contributed by atoms with Crippen LogP contribution in [0, 0.1) is 16.7 Å². The molecule has 1 saturated carbocycles. The van der Waals surface area contributed by atoms with Crippen LogP contribution < -0.4 is 5.32 Å². The monoisotopic (exact) mass is 237 g/mol. The molecular weight excluding hydrogens is 214 g/mol. The third kappa shape index (κ3) is 2.14. The Balaban J connectivity index is 1.78. The molecule has 96 valence electrons. The number of aliphatic hydroxyl groups excluding tert-OH is 1. The van der Waals surface area contributed by atoms with Gasteiger partial charge in [0.05, 0.1) is 6.54 Å². The summed E-state index contributed by atoms with van der Waals surface area (Å²) < 4.78 is 5.43. The van der Waals surface area contributed by atoms with Crippen LogP contribution in [0.5, 0.6) is 0 Å². The largest absolute Gasteiger partial charge is 0.462 e. The fraction of sp³-hybridized carbons (Fsp3) is 0.714. The third-order valence-electron chi connectivity index (χ3n) is 4.84. The fourth-order valence-electron chi connectivity index (χ4n) is 2.79. The third-order valence-corrected chi connectivity index (χ3v) is 4.84. The number of furan rings is 1. The van der Waals surface area contributed by atoms with E-state index in [-0.39, 0.29) is 6.61 Å². The normalized spacial score (nSPS) is 21.7. The average Bonchev–Trinajstić information content (AvgIpc) is 2.64. The van der Waals surface area contributed by atoms with E-state index in [1.54, 1.807) is 0 Å². The van der Waals surface area contributed by atoms with Crippen molar-refractivity contribution in [2.45, 2.75) is 40.8 Å². The Kier molecular flexibility index (Phi) is 3.08. The van der Waals surface area contributed by atoms with E-state index in [2.05, 4.69) is 33.0 Å². The van der Waals surface area contributed by atoms with E-state index in [1.165, 1.54) is 0 Å². The summed E-state index contributed by atoms with van der Waals surface area (Å²) >= 11 is 0. The highest BCUT2D eigenvalue weighted by atomic mass is 16.4. The predicted octanol–water partition coefficient (Wildman–Crippen LogP) is 2.54. The second-order valence-electron chi connectivity index (χ2n) is 6.15. The lowest BCUT2D eigenvalue weighted by atomic mass is 10.0. The van der Waals surface area contributed by atoms with E-state index in [4.69, 9.17) is 9.52 Å². The van der Waals surface area contributed by atoms with Crippen LogP contribution in [0.1, 0.15) is 39.2 Å². The van der Waals surface area contributed by atoms with Gasteiger partial charge in [-0.3, -0.25) is 0 Å². The minimum atomic E-state index is -0.0251. The van der Waals surface area contributed by atoms with Gasteiger partial charge in [0.25, 0.3) is 0 Å². The minimum absolute atomic E-state index is 0.0251. The molecule has 0 bridgehead atoms. The van der Waals surface area contributed by atoms with E-state index >= 15 is 0 Å². The maximum absolute atomic E-state index is 8.90. The van der Waals surface area contributed by atoms with Crippen molar-refractivity contribution in [1.29, 1.82) is 0 Å². The molecule has 2 N–H and O–H groups in total. The van der Waals surface area contributed by atoms with Crippen molar-refractivity contribution in [3.63, 3.8) is 0 Å². The van der Waals surface area contributed by atoms with Gasteiger partial charge in [-0.2, -0.15) is 0 Å². The van der Waals surface area contributed by atoms with E-state index in [0.29, 0.717) is 16.6 Å². The van der Waals surface area contributed by atoms with Crippen molar-refractivity contribution in [2.24, 2.45) is 16.7 Å². The first kappa shape index (κ1) is 12.7. The van der Waals surface area contributed by atoms with Crippen LogP contribution >= 0.6 is 0 Å². The van der Waals surface area contributed by atoms with Gasteiger partial charge >= 0.3 is 0 Å². The number of aliphatic hydroxyl groups is 1.